The van der Waals surface area contributed by atoms with Crippen molar-refractivity contribution in [2.24, 2.45) is 5.73 Å². The highest BCUT2D eigenvalue weighted by Crippen LogP contribution is 2.09. The van der Waals surface area contributed by atoms with Crippen molar-refractivity contribution in [1.29, 1.82) is 0 Å². The summed E-state index contributed by atoms with van der Waals surface area (Å²) in [5.41, 5.74) is 5.23. The van der Waals surface area contributed by atoms with Gasteiger partial charge in [-0.1, -0.05) is 0 Å². The summed E-state index contributed by atoms with van der Waals surface area (Å²) in [6.45, 7) is 8.13. The Morgan fingerprint density at radius 2 is 2.25 bits per heavy atom. The molecule has 0 saturated carbocycles. The van der Waals surface area contributed by atoms with Gasteiger partial charge in [0, 0.05) is 19.6 Å². The Morgan fingerprint density at radius 1 is 1.56 bits per heavy atom. The van der Waals surface area contributed by atoms with Crippen LogP contribution in [0.4, 0.5) is 0 Å². The Kier molecular flexibility index (Phi) is 4.70. The molecule has 0 aromatic heterocycles. The largest absolute Gasteiger partial charge is 0.373 e. The minimum absolute atomic E-state index is 0.0108. The zero-order valence-electron chi connectivity index (χ0n) is 10.4. The number of morpholine rings is 1. The second-order valence-corrected chi connectivity index (χ2v) is 4.97. The molecule has 1 atom stereocenters. The van der Waals surface area contributed by atoms with Gasteiger partial charge in [0.05, 0.1) is 18.3 Å². The lowest BCUT2D eigenvalue weighted by Crippen LogP contribution is -2.49. The van der Waals surface area contributed by atoms with Crippen molar-refractivity contribution in [3.05, 3.63) is 0 Å². The van der Waals surface area contributed by atoms with E-state index in [1.54, 1.807) is 4.90 Å². The third-order valence-corrected chi connectivity index (χ3v) is 2.38. The molecule has 0 aromatic carbocycles. The van der Waals surface area contributed by atoms with Crippen molar-refractivity contribution in [1.82, 2.24) is 4.90 Å². The third kappa shape index (κ3) is 4.47. The van der Waals surface area contributed by atoms with Gasteiger partial charge in [-0.2, -0.15) is 0 Å². The maximum Gasteiger partial charge on any atom is 0.248 e. The molecule has 0 spiro atoms. The lowest BCUT2D eigenvalue weighted by Gasteiger charge is -2.33. The van der Waals surface area contributed by atoms with Crippen LogP contribution in [0.5, 0.6) is 0 Å². The van der Waals surface area contributed by atoms with Crippen LogP contribution < -0.4 is 5.73 Å². The summed E-state index contributed by atoms with van der Waals surface area (Å²) < 4.78 is 10.8. The van der Waals surface area contributed by atoms with Crippen molar-refractivity contribution in [3.8, 4) is 0 Å². The first-order valence-electron chi connectivity index (χ1n) is 5.66. The molecule has 1 aliphatic rings. The highest BCUT2D eigenvalue weighted by atomic mass is 16.5. The second kappa shape index (κ2) is 5.61. The second-order valence-electron chi connectivity index (χ2n) is 4.97. The molecule has 1 aliphatic heterocycles. The van der Waals surface area contributed by atoms with Gasteiger partial charge in [-0.15, -0.1) is 0 Å². The average molecular weight is 230 g/mol. The number of amides is 1. The monoisotopic (exact) mass is 230 g/mol. The average Bonchev–Trinajstić information content (AvgIpc) is 2.25. The Balaban J connectivity index is 2.36. The van der Waals surface area contributed by atoms with Gasteiger partial charge in [-0.25, -0.2) is 0 Å². The standard InChI is InChI=1S/C11H22N2O3/c1-11(2,3)16-8-10(14)13-4-5-15-9(6-12)7-13/h9H,4-8,12H2,1-3H3. The minimum atomic E-state index is -0.283. The van der Waals surface area contributed by atoms with Crippen LogP contribution in [0, 0.1) is 0 Å². The van der Waals surface area contributed by atoms with Gasteiger partial charge in [0.15, 0.2) is 0 Å². The van der Waals surface area contributed by atoms with Crippen LogP contribution in [0.25, 0.3) is 0 Å². The van der Waals surface area contributed by atoms with Gasteiger partial charge in [0.2, 0.25) is 5.91 Å². The SMILES string of the molecule is CC(C)(C)OCC(=O)N1CCOC(CN)C1. The topological polar surface area (TPSA) is 64.8 Å². The first-order valence-corrected chi connectivity index (χ1v) is 5.66. The van der Waals surface area contributed by atoms with Gasteiger partial charge in [0.1, 0.15) is 6.61 Å². The first kappa shape index (κ1) is 13.4. The molecule has 1 heterocycles. The van der Waals surface area contributed by atoms with Crippen LogP contribution in [0.2, 0.25) is 0 Å². The van der Waals surface area contributed by atoms with Crippen molar-refractivity contribution in [2.75, 3.05) is 32.8 Å². The van der Waals surface area contributed by atoms with Crippen molar-refractivity contribution in [3.63, 3.8) is 0 Å². The fraction of sp³-hybridized carbons (Fsp3) is 0.909. The number of nitrogens with two attached hydrogens (primary N) is 1. The quantitative estimate of drug-likeness (QED) is 0.740. The number of hydrogen-bond donors (Lipinski definition) is 1. The fourth-order valence-electron chi connectivity index (χ4n) is 1.46. The summed E-state index contributed by atoms with van der Waals surface area (Å²) in [5.74, 6) is 0.0108. The molecule has 1 rings (SSSR count). The Morgan fingerprint density at radius 3 is 2.81 bits per heavy atom. The molecule has 1 unspecified atom stereocenters. The van der Waals surface area contributed by atoms with E-state index < -0.39 is 0 Å². The van der Waals surface area contributed by atoms with E-state index in [9.17, 15) is 4.79 Å². The van der Waals surface area contributed by atoms with Crippen LogP contribution in [0.3, 0.4) is 0 Å². The van der Waals surface area contributed by atoms with Gasteiger partial charge in [0.25, 0.3) is 0 Å². The summed E-state index contributed by atoms with van der Waals surface area (Å²) in [6.07, 6.45) is -0.0349. The molecule has 5 nitrogen and oxygen atoms in total. The predicted molar refractivity (Wildman–Crippen MR) is 61.1 cm³/mol. The molecule has 0 bridgehead atoms. The third-order valence-electron chi connectivity index (χ3n) is 2.38. The molecular formula is C11H22N2O3. The van der Waals surface area contributed by atoms with Crippen LogP contribution in [-0.2, 0) is 14.3 Å². The van der Waals surface area contributed by atoms with Crippen molar-refractivity contribution >= 4 is 5.91 Å². The normalized spacial score (nSPS) is 22.2. The Hall–Kier alpha value is -0.650. The zero-order chi connectivity index (χ0) is 12.2. The molecule has 16 heavy (non-hydrogen) atoms. The molecule has 1 amide bonds. The molecule has 0 aliphatic carbocycles. The van der Waals surface area contributed by atoms with E-state index in [1.807, 2.05) is 20.8 Å². The fourth-order valence-corrected chi connectivity index (χ4v) is 1.46. The number of hydrogen-bond acceptors (Lipinski definition) is 4. The van der Waals surface area contributed by atoms with Crippen LogP contribution in [0.1, 0.15) is 20.8 Å². The molecule has 1 fully saturated rings. The molecule has 2 N–H and O–H groups in total. The Bertz CT molecular complexity index is 238. The maximum atomic E-state index is 11.8. The summed E-state index contributed by atoms with van der Waals surface area (Å²) >= 11 is 0. The molecule has 1 saturated heterocycles. The summed E-state index contributed by atoms with van der Waals surface area (Å²) in [6, 6.07) is 0. The molecule has 5 heteroatoms. The summed E-state index contributed by atoms with van der Waals surface area (Å²) in [4.78, 5) is 13.6. The minimum Gasteiger partial charge on any atom is -0.373 e. The van der Waals surface area contributed by atoms with Gasteiger partial charge >= 0.3 is 0 Å². The zero-order valence-corrected chi connectivity index (χ0v) is 10.4. The molecular weight excluding hydrogens is 208 g/mol. The first-order chi connectivity index (χ1) is 7.42. The molecule has 0 radical (unpaired) electrons. The highest BCUT2D eigenvalue weighted by molar-refractivity contribution is 5.77. The van der Waals surface area contributed by atoms with Crippen LogP contribution in [0.15, 0.2) is 0 Å². The summed E-state index contributed by atoms with van der Waals surface area (Å²) in [7, 11) is 0. The number of carbonyl (C=O) groups excluding carboxylic acids is 1. The van der Waals surface area contributed by atoms with E-state index in [-0.39, 0.29) is 24.2 Å². The molecule has 0 aromatic rings. The maximum absolute atomic E-state index is 11.8. The van der Waals surface area contributed by atoms with Crippen molar-refractivity contribution in [2.45, 2.75) is 32.5 Å². The van der Waals surface area contributed by atoms with Crippen LogP contribution in [-0.4, -0.2) is 55.4 Å². The van der Waals surface area contributed by atoms with E-state index in [1.165, 1.54) is 0 Å². The van der Waals surface area contributed by atoms with E-state index in [0.717, 1.165) is 0 Å². The smallest absolute Gasteiger partial charge is 0.248 e. The highest BCUT2D eigenvalue weighted by Gasteiger charge is 2.24. The van der Waals surface area contributed by atoms with Gasteiger partial charge < -0.3 is 20.1 Å². The van der Waals surface area contributed by atoms with Gasteiger partial charge in [-0.05, 0) is 20.8 Å². The lowest BCUT2D eigenvalue weighted by atomic mass is 10.2. The summed E-state index contributed by atoms with van der Waals surface area (Å²) in [5, 5.41) is 0. The number of ether oxygens (including phenoxy) is 2. The van der Waals surface area contributed by atoms with E-state index in [4.69, 9.17) is 15.2 Å². The number of carbonyl (C=O) groups is 1. The Labute approximate surface area is 96.9 Å². The van der Waals surface area contributed by atoms with E-state index in [0.29, 0.717) is 26.2 Å². The van der Waals surface area contributed by atoms with E-state index in [2.05, 4.69) is 0 Å². The van der Waals surface area contributed by atoms with Crippen molar-refractivity contribution < 1.29 is 14.3 Å². The predicted octanol–water partition coefficient (Wildman–Crippen LogP) is -0.0124. The lowest BCUT2D eigenvalue weighted by molar-refractivity contribution is -0.147. The number of rotatable bonds is 3. The van der Waals surface area contributed by atoms with Gasteiger partial charge in [-0.3, -0.25) is 4.79 Å². The number of nitrogens with zero attached hydrogens (tertiary/aromatic N) is 1. The van der Waals surface area contributed by atoms with E-state index >= 15 is 0 Å². The van der Waals surface area contributed by atoms with Crippen LogP contribution >= 0.6 is 0 Å². The molecule has 94 valence electrons.